The molecule has 0 saturated carbocycles. The van der Waals surface area contributed by atoms with Crippen molar-refractivity contribution in [3.8, 4) is 11.6 Å². The predicted molar refractivity (Wildman–Crippen MR) is 61.2 cm³/mol. The summed E-state index contributed by atoms with van der Waals surface area (Å²) in [6, 6.07) is 8.88. The Hall–Kier alpha value is -2.01. The van der Waals surface area contributed by atoms with Crippen LogP contribution in [0, 0.1) is 0 Å². The lowest BCUT2D eigenvalue weighted by Crippen LogP contribution is -2.02. The van der Waals surface area contributed by atoms with Gasteiger partial charge >= 0.3 is 0 Å². The minimum absolute atomic E-state index is 0.152. The second kappa shape index (κ2) is 5.36. The first-order chi connectivity index (χ1) is 8.29. The molecule has 0 spiro atoms. The Kier molecular flexibility index (Phi) is 3.62. The minimum atomic E-state index is -0.152. The standard InChI is InChI=1S/C11H9ClN2O3/c12-9-1-3-10(4-2-9)14-6-5-11(13-14)17-8-16-7-15/h1-7H,8H2. The number of hydrogen-bond acceptors (Lipinski definition) is 4. The average molecular weight is 253 g/mol. The van der Waals surface area contributed by atoms with Crippen molar-refractivity contribution in [2.24, 2.45) is 0 Å². The van der Waals surface area contributed by atoms with Gasteiger partial charge in [-0.05, 0) is 24.3 Å². The minimum Gasteiger partial charge on any atom is -0.439 e. The van der Waals surface area contributed by atoms with E-state index in [0.717, 1.165) is 5.69 Å². The van der Waals surface area contributed by atoms with Crippen molar-refractivity contribution in [2.75, 3.05) is 6.79 Å². The van der Waals surface area contributed by atoms with Gasteiger partial charge in [0.05, 0.1) is 5.69 Å². The quantitative estimate of drug-likeness (QED) is 0.464. The van der Waals surface area contributed by atoms with Gasteiger partial charge < -0.3 is 9.47 Å². The van der Waals surface area contributed by atoms with Crippen molar-refractivity contribution in [1.82, 2.24) is 9.78 Å². The summed E-state index contributed by atoms with van der Waals surface area (Å²) >= 11 is 5.78. The number of nitrogens with zero attached hydrogens (tertiary/aromatic N) is 2. The first kappa shape index (κ1) is 11.5. The number of ether oxygens (including phenoxy) is 2. The van der Waals surface area contributed by atoms with Crippen LogP contribution < -0.4 is 4.74 Å². The monoisotopic (exact) mass is 252 g/mol. The van der Waals surface area contributed by atoms with Gasteiger partial charge in [-0.1, -0.05) is 11.6 Å². The normalized spacial score (nSPS) is 9.94. The van der Waals surface area contributed by atoms with Crippen LogP contribution in [0.25, 0.3) is 5.69 Å². The highest BCUT2D eigenvalue weighted by atomic mass is 35.5. The molecule has 2 aromatic rings. The molecule has 6 heteroatoms. The Morgan fingerprint density at radius 2 is 2.06 bits per heavy atom. The maximum absolute atomic E-state index is 9.91. The Morgan fingerprint density at radius 3 is 2.76 bits per heavy atom. The van der Waals surface area contributed by atoms with Gasteiger partial charge in [-0.3, -0.25) is 4.79 Å². The lowest BCUT2D eigenvalue weighted by molar-refractivity contribution is -0.134. The van der Waals surface area contributed by atoms with Gasteiger partial charge in [0.15, 0.2) is 0 Å². The van der Waals surface area contributed by atoms with E-state index >= 15 is 0 Å². The Labute approximate surface area is 103 Å². The summed E-state index contributed by atoms with van der Waals surface area (Å²) in [7, 11) is 0. The van der Waals surface area contributed by atoms with Gasteiger partial charge in [-0.15, -0.1) is 5.10 Å². The molecule has 0 bridgehead atoms. The van der Waals surface area contributed by atoms with Gasteiger partial charge in [-0.25, -0.2) is 4.68 Å². The molecule has 0 atom stereocenters. The molecule has 0 fully saturated rings. The average Bonchev–Trinajstić information content (AvgIpc) is 2.79. The maximum atomic E-state index is 9.91. The largest absolute Gasteiger partial charge is 0.439 e. The van der Waals surface area contributed by atoms with E-state index in [-0.39, 0.29) is 6.79 Å². The predicted octanol–water partition coefficient (Wildman–Crippen LogP) is 2.03. The summed E-state index contributed by atoms with van der Waals surface area (Å²) in [6.45, 7) is 0.164. The van der Waals surface area contributed by atoms with Crippen LogP contribution in [0.2, 0.25) is 5.02 Å². The molecule has 5 nitrogen and oxygen atoms in total. The Balaban J connectivity index is 2.07. The van der Waals surface area contributed by atoms with Gasteiger partial charge in [0.1, 0.15) is 0 Å². The molecule has 0 amide bonds. The van der Waals surface area contributed by atoms with E-state index in [4.69, 9.17) is 16.3 Å². The fourth-order valence-electron chi connectivity index (χ4n) is 1.24. The summed E-state index contributed by atoms with van der Waals surface area (Å²) in [6.07, 6.45) is 1.74. The molecule has 0 aliphatic rings. The van der Waals surface area contributed by atoms with Crippen molar-refractivity contribution in [1.29, 1.82) is 0 Å². The molecule has 1 aromatic heterocycles. The van der Waals surface area contributed by atoms with Gasteiger partial charge in [0, 0.05) is 17.3 Å². The van der Waals surface area contributed by atoms with Crippen LogP contribution in [0.15, 0.2) is 36.5 Å². The third-order valence-corrected chi connectivity index (χ3v) is 2.25. The number of hydrogen-bond donors (Lipinski definition) is 0. The zero-order valence-corrected chi connectivity index (χ0v) is 9.50. The molecule has 0 unspecified atom stereocenters. The number of rotatable bonds is 5. The van der Waals surface area contributed by atoms with Gasteiger partial charge in [-0.2, -0.15) is 0 Å². The van der Waals surface area contributed by atoms with Gasteiger partial charge in [0.2, 0.25) is 12.7 Å². The SMILES string of the molecule is O=COCOc1ccn(-c2ccc(Cl)cc2)n1. The van der Waals surface area contributed by atoms with E-state index < -0.39 is 0 Å². The summed E-state index contributed by atoms with van der Waals surface area (Å²) in [5.41, 5.74) is 0.862. The smallest absolute Gasteiger partial charge is 0.295 e. The molecule has 0 saturated heterocycles. The van der Waals surface area contributed by atoms with Crippen molar-refractivity contribution >= 4 is 18.1 Å². The molecule has 88 valence electrons. The second-order valence-electron chi connectivity index (χ2n) is 3.10. The topological polar surface area (TPSA) is 53.4 Å². The molecule has 0 radical (unpaired) electrons. The molecule has 0 N–H and O–H groups in total. The fraction of sp³-hybridized carbons (Fsp3) is 0.0909. The highest BCUT2D eigenvalue weighted by molar-refractivity contribution is 6.30. The first-order valence-corrected chi connectivity index (χ1v) is 5.17. The fourth-order valence-corrected chi connectivity index (χ4v) is 1.37. The molecule has 0 aliphatic carbocycles. The molecule has 0 aliphatic heterocycles. The van der Waals surface area contributed by atoms with Crippen LogP contribution >= 0.6 is 11.6 Å². The van der Waals surface area contributed by atoms with Crippen LogP contribution in [-0.4, -0.2) is 23.0 Å². The van der Waals surface area contributed by atoms with E-state index in [0.29, 0.717) is 17.4 Å². The third kappa shape index (κ3) is 2.98. The molecule has 17 heavy (non-hydrogen) atoms. The van der Waals surface area contributed by atoms with Gasteiger partial charge in [0.25, 0.3) is 6.47 Å². The van der Waals surface area contributed by atoms with E-state index in [9.17, 15) is 4.79 Å². The van der Waals surface area contributed by atoms with Crippen molar-refractivity contribution in [2.45, 2.75) is 0 Å². The van der Waals surface area contributed by atoms with E-state index in [1.165, 1.54) is 0 Å². The number of carbonyl (C=O) groups excluding carboxylic acids is 1. The molecular weight excluding hydrogens is 244 g/mol. The molecular formula is C11H9ClN2O3. The molecule has 1 heterocycles. The number of aromatic nitrogens is 2. The number of carbonyl (C=O) groups is 1. The Bertz CT molecular complexity index is 496. The highest BCUT2D eigenvalue weighted by Gasteiger charge is 2.01. The van der Waals surface area contributed by atoms with Crippen LogP contribution in [0.1, 0.15) is 0 Å². The van der Waals surface area contributed by atoms with Crippen LogP contribution in [0.3, 0.4) is 0 Å². The van der Waals surface area contributed by atoms with E-state index in [1.807, 2.05) is 12.1 Å². The summed E-state index contributed by atoms with van der Waals surface area (Å²) in [5.74, 6) is 0.377. The lowest BCUT2D eigenvalue weighted by atomic mass is 10.3. The zero-order valence-electron chi connectivity index (χ0n) is 8.75. The Morgan fingerprint density at radius 1 is 1.29 bits per heavy atom. The van der Waals surface area contributed by atoms with E-state index in [2.05, 4.69) is 9.84 Å². The number of halogens is 1. The second-order valence-corrected chi connectivity index (χ2v) is 3.54. The maximum Gasteiger partial charge on any atom is 0.295 e. The van der Waals surface area contributed by atoms with Crippen LogP contribution in [-0.2, 0) is 9.53 Å². The van der Waals surface area contributed by atoms with E-state index in [1.54, 1.807) is 29.1 Å². The molecule has 2 rings (SSSR count). The zero-order chi connectivity index (χ0) is 12.1. The van der Waals surface area contributed by atoms with Crippen LogP contribution in [0.4, 0.5) is 0 Å². The molecule has 1 aromatic carbocycles. The summed E-state index contributed by atoms with van der Waals surface area (Å²) in [4.78, 5) is 9.91. The van der Waals surface area contributed by atoms with Crippen molar-refractivity contribution in [3.63, 3.8) is 0 Å². The highest BCUT2D eigenvalue weighted by Crippen LogP contribution is 2.15. The third-order valence-electron chi connectivity index (χ3n) is 2.00. The lowest BCUT2D eigenvalue weighted by Gasteiger charge is -2.01. The number of benzene rings is 1. The first-order valence-electron chi connectivity index (χ1n) is 4.79. The van der Waals surface area contributed by atoms with Crippen molar-refractivity contribution < 1.29 is 14.3 Å². The van der Waals surface area contributed by atoms with Crippen molar-refractivity contribution in [3.05, 3.63) is 41.6 Å². The van der Waals surface area contributed by atoms with Crippen LogP contribution in [0.5, 0.6) is 5.88 Å². The summed E-state index contributed by atoms with van der Waals surface area (Å²) < 4.78 is 11.1. The summed E-state index contributed by atoms with van der Waals surface area (Å²) in [5, 5.41) is 4.80.